The molecule has 0 saturated heterocycles. The molecular formula is C31H31N3O10. The van der Waals surface area contributed by atoms with Crippen molar-refractivity contribution in [2.75, 3.05) is 14.1 Å². The van der Waals surface area contributed by atoms with Crippen LogP contribution in [0, 0.1) is 11.8 Å². The van der Waals surface area contributed by atoms with Crippen LogP contribution in [0.5, 0.6) is 5.75 Å². The van der Waals surface area contributed by atoms with Crippen molar-refractivity contribution in [1.29, 1.82) is 0 Å². The molecular weight excluding hydrogens is 574 g/mol. The minimum absolute atomic E-state index is 0.0186. The number of imide groups is 1. The highest BCUT2D eigenvalue weighted by Gasteiger charge is 2.67. The first-order valence-electron chi connectivity index (χ1n) is 13.6. The van der Waals surface area contributed by atoms with Gasteiger partial charge in [-0.25, -0.2) is 0 Å². The summed E-state index contributed by atoms with van der Waals surface area (Å²) in [6.07, 6.45) is 3.70. The molecule has 13 heteroatoms. The number of aliphatic hydroxyl groups is 4. The fourth-order valence-corrected chi connectivity index (χ4v) is 6.93. The van der Waals surface area contributed by atoms with E-state index in [-0.39, 0.29) is 22.3 Å². The molecule has 3 aliphatic carbocycles. The highest BCUT2D eigenvalue weighted by molar-refractivity contribution is 6.25. The van der Waals surface area contributed by atoms with Crippen LogP contribution < -0.4 is 5.73 Å². The van der Waals surface area contributed by atoms with Crippen LogP contribution in [0.3, 0.4) is 0 Å². The molecule has 6 atom stereocenters. The number of likely N-dealkylation sites (N-methyl/N-ethyl adjacent to an activating group) is 1. The average molecular weight is 606 g/mol. The number of aliphatic hydroxyl groups excluding tert-OH is 3. The maximum atomic E-state index is 14.0. The molecule has 5 rings (SSSR count). The number of fused-ring (bicyclic) bond motifs is 3. The maximum absolute atomic E-state index is 14.0. The minimum Gasteiger partial charge on any atom is -0.510 e. The van der Waals surface area contributed by atoms with Crippen molar-refractivity contribution >= 4 is 29.3 Å². The van der Waals surface area contributed by atoms with Crippen molar-refractivity contribution in [3.05, 3.63) is 87.9 Å². The zero-order valence-corrected chi connectivity index (χ0v) is 24.0. The summed E-state index contributed by atoms with van der Waals surface area (Å²) in [5.74, 6) is -11.4. The van der Waals surface area contributed by atoms with Gasteiger partial charge in [-0.2, -0.15) is 0 Å². The monoisotopic (exact) mass is 605 g/mol. The van der Waals surface area contributed by atoms with Gasteiger partial charge in [0.1, 0.15) is 22.8 Å². The molecule has 4 aliphatic rings. The van der Waals surface area contributed by atoms with Gasteiger partial charge in [0.05, 0.1) is 30.2 Å². The number of allylic oxidation sites excluding steroid dienone is 2. The van der Waals surface area contributed by atoms with E-state index >= 15 is 0 Å². The number of amides is 3. The zero-order valence-electron chi connectivity index (χ0n) is 24.0. The summed E-state index contributed by atoms with van der Waals surface area (Å²) >= 11 is 0. The molecule has 44 heavy (non-hydrogen) atoms. The predicted octanol–water partition coefficient (Wildman–Crippen LogP) is 0.190. The number of phenolic OH excluding ortho intramolecular Hbond substituents is 1. The van der Waals surface area contributed by atoms with Gasteiger partial charge >= 0.3 is 0 Å². The van der Waals surface area contributed by atoms with Crippen LogP contribution in [-0.4, -0.2) is 96.5 Å². The summed E-state index contributed by atoms with van der Waals surface area (Å²) in [5, 5.41) is 57.2. The third-order valence-corrected chi connectivity index (χ3v) is 8.99. The largest absolute Gasteiger partial charge is 0.510 e. The van der Waals surface area contributed by atoms with E-state index in [0.717, 1.165) is 11.0 Å². The van der Waals surface area contributed by atoms with Crippen molar-refractivity contribution in [3.8, 4) is 5.75 Å². The lowest BCUT2D eigenvalue weighted by molar-refractivity contribution is -0.162. The standard InChI is InChI=1S/C31H31N3O10/c1-5-6-7-13-10-16(35)34(30(13)43)11-14-8-9-15-12(2)17-19(24(37)18(15)23(14)36)27(40)31(44)21(25(17)38)22(33(3)4)26(39)20(28(31)41)29(32)42/h5-10,12,17,21-22,25,36,38-40,44H,1,11H2,2-4H3,(H2,32,42)/b7-6-/t12-,17+,21+,22-,25-,31-/m0/s1. The summed E-state index contributed by atoms with van der Waals surface area (Å²) in [6.45, 7) is 4.72. The van der Waals surface area contributed by atoms with E-state index in [2.05, 4.69) is 6.58 Å². The lowest BCUT2D eigenvalue weighted by atomic mass is 9.55. The van der Waals surface area contributed by atoms with E-state index < -0.39 is 99.7 Å². The Balaban J connectivity index is 1.63. The lowest BCUT2D eigenvalue weighted by Gasteiger charge is -2.53. The molecule has 1 aromatic rings. The van der Waals surface area contributed by atoms with Gasteiger partial charge in [0, 0.05) is 28.7 Å². The molecule has 0 saturated carbocycles. The number of primary amides is 1. The van der Waals surface area contributed by atoms with Crippen molar-refractivity contribution in [2.45, 2.75) is 37.1 Å². The number of benzene rings is 1. The number of aromatic hydroxyl groups is 1. The van der Waals surface area contributed by atoms with Gasteiger partial charge in [-0.15, -0.1) is 0 Å². The Bertz CT molecular complexity index is 1700. The Hall–Kier alpha value is -4.85. The molecule has 13 nitrogen and oxygen atoms in total. The number of rotatable bonds is 6. The fourth-order valence-electron chi connectivity index (χ4n) is 6.93. The molecule has 0 radical (unpaired) electrons. The smallest absolute Gasteiger partial charge is 0.261 e. The number of hydrogen-bond donors (Lipinski definition) is 6. The predicted molar refractivity (Wildman–Crippen MR) is 153 cm³/mol. The Morgan fingerprint density at radius 3 is 2.41 bits per heavy atom. The first-order chi connectivity index (χ1) is 20.6. The van der Waals surface area contributed by atoms with Gasteiger partial charge in [0.15, 0.2) is 11.4 Å². The average Bonchev–Trinajstić information content (AvgIpc) is 3.21. The normalized spacial score (nSPS) is 30.2. The Morgan fingerprint density at radius 2 is 1.82 bits per heavy atom. The molecule has 0 spiro atoms. The highest BCUT2D eigenvalue weighted by Crippen LogP contribution is 2.55. The molecule has 0 unspecified atom stereocenters. The second-order valence-corrected chi connectivity index (χ2v) is 11.5. The maximum Gasteiger partial charge on any atom is 0.261 e. The zero-order chi connectivity index (χ0) is 32.6. The van der Waals surface area contributed by atoms with Crippen LogP contribution in [0.25, 0.3) is 0 Å². The van der Waals surface area contributed by atoms with Crippen molar-refractivity contribution in [2.24, 2.45) is 17.6 Å². The summed E-state index contributed by atoms with van der Waals surface area (Å²) in [7, 11) is 2.90. The third kappa shape index (κ3) is 4.00. The Kier molecular flexibility index (Phi) is 7.23. The second kappa shape index (κ2) is 10.4. The SMILES string of the molecule is C=C/C=C\C1=CC(=O)N(Cc2ccc3c(c2O)C(=O)C2=C(O)[C@]4(O)C(=O)C(C(N)=O)=C(O)[C@@H](N(C)C)[C@@H]4[C@@H](O)[C@@H]2[C@H]3C)C1=O. The summed E-state index contributed by atoms with van der Waals surface area (Å²) < 4.78 is 0. The first-order valence-corrected chi connectivity index (χ1v) is 13.6. The van der Waals surface area contributed by atoms with Crippen LogP contribution in [0.2, 0.25) is 0 Å². The van der Waals surface area contributed by atoms with Gasteiger partial charge in [0.2, 0.25) is 5.78 Å². The number of Topliss-reactive ketones (excluding diaryl/α,β-unsaturated/α-hetero) is 2. The number of nitrogens with zero attached hydrogens (tertiary/aromatic N) is 2. The second-order valence-electron chi connectivity index (χ2n) is 11.5. The van der Waals surface area contributed by atoms with Crippen LogP contribution in [0.1, 0.15) is 34.3 Å². The number of nitrogens with two attached hydrogens (primary N) is 1. The summed E-state index contributed by atoms with van der Waals surface area (Å²) in [4.78, 5) is 67.3. The Labute approximate surface area is 251 Å². The Morgan fingerprint density at radius 1 is 1.16 bits per heavy atom. The molecule has 230 valence electrons. The quantitative estimate of drug-likeness (QED) is 0.146. The molecule has 0 aromatic heterocycles. The number of carbonyl (C=O) groups excluding carboxylic acids is 5. The van der Waals surface area contributed by atoms with Gasteiger partial charge in [0.25, 0.3) is 17.7 Å². The van der Waals surface area contributed by atoms with E-state index in [9.17, 15) is 49.5 Å². The molecule has 0 bridgehead atoms. The molecule has 1 aromatic carbocycles. The number of hydrogen-bond acceptors (Lipinski definition) is 11. The van der Waals surface area contributed by atoms with Gasteiger partial charge in [-0.1, -0.05) is 37.8 Å². The fraction of sp³-hybridized carbons (Fsp3) is 0.323. The van der Waals surface area contributed by atoms with E-state index in [0.29, 0.717) is 0 Å². The van der Waals surface area contributed by atoms with E-state index in [4.69, 9.17) is 5.73 Å². The summed E-state index contributed by atoms with van der Waals surface area (Å²) in [6, 6.07) is 1.55. The molecule has 1 aliphatic heterocycles. The number of phenols is 1. The van der Waals surface area contributed by atoms with Crippen molar-refractivity contribution in [3.63, 3.8) is 0 Å². The van der Waals surface area contributed by atoms with Gasteiger partial charge in [-0.05, 0) is 31.7 Å². The third-order valence-electron chi connectivity index (χ3n) is 8.99. The van der Waals surface area contributed by atoms with Crippen LogP contribution >= 0.6 is 0 Å². The van der Waals surface area contributed by atoms with Crippen molar-refractivity contribution in [1.82, 2.24) is 9.80 Å². The van der Waals surface area contributed by atoms with E-state index in [1.165, 1.54) is 49.4 Å². The van der Waals surface area contributed by atoms with Crippen LogP contribution in [0.15, 0.2) is 71.3 Å². The van der Waals surface area contributed by atoms with E-state index in [1.54, 1.807) is 6.92 Å². The number of carbonyl (C=O) groups is 5. The van der Waals surface area contributed by atoms with Crippen molar-refractivity contribution < 1.29 is 49.5 Å². The molecule has 0 fully saturated rings. The topological polar surface area (TPSA) is 219 Å². The highest BCUT2D eigenvalue weighted by atomic mass is 16.4. The van der Waals surface area contributed by atoms with Gasteiger partial charge in [-0.3, -0.25) is 33.8 Å². The molecule has 1 heterocycles. The first kappa shape index (κ1) is 30.6. The number of ketones is 2. The molecule has 7 N–H and O–H groups in total. The molecule has 3 amide bonds. The van der Waals surface area contributed by atoms with E-state index in [1.807, 2.05) is 0 Å². The van der Waals surface area contributed by atoms with Crippen LogP contribution in [0.4, 0.5) is 0 Å². The summed E-state index contributed by atoms with van der Waals surface area (Å²) in [5.41, 5.74) is 0.809. The van der Waals surface area contributed by atoms with Crippen LogP contribution in [-0.2, 0) is 25.7 Å². The minimum atomic E-state index is -3.04. The lowest BCUT2D eigenvalue weighted by Crippen LogP contribution is -2.68. The van der Waals surface area contributed by atoms with Gasteiger partial charge < -0.3 is 31.3 Å².